The number of aryl methyl sites for hydroxylation is 1. The van der Waals surface area contributed by atoms with Gasteiger partial charge in [-0.1, -0.05) is 35.9 Å². The van der Waals surface area contributed by atoms with E-state index in [2.05, 4.69) is 11.6 Å². The van der Waals surface area contributed by atoms with E-state index >= 15 is 0 Å². The van der Waals surface area contributed by atoms with Crippen molar-refractivity contribution in [2.75, 3.05) is 0 Å². The number of pyridine rings is 1. The van der Waals surface area contributed by atoms with E-state index in [4.69, 9.17) is 23.2 Å². The van der Waals surface area contributed by atoms with E-state index in [-0.39, 0.29) is 0 Å². The molecule has 0 saturated heterocycles. The van der Waals surface area contributed by atoms with Crippen LogP contribution in [0.1, 0.15) is 16.8 Å². The molecule has 0 unspecified atom stereocenters. The average molecular weight is 202 g/mol. The summed E-state index contributed by atoms with van der Waals surface area (Å²) in [4.78, 5) is 4.11. The maximum absolute atomic E-state index is 6.01. The second-order valence-corrected chi connectivity index (χ2v) is 3.28. The quantitative estimate of drug-likeness (QED) is 0.633. The molecule has 12 heavy (non-hydrogen) atoms. The molecule has 0 amide bonds. The van der Waals surface area contributed by atoms with Gasteiger partial charge in [0.05, 0.1) is 5.02 Å². The molecule has 1 aromatic rings. The van der Waals surface area contributed by atoms with Crippen LogP contribution in [0, 0.1) is 13.8 Å². The van der Waals surface area contributed by atoms with Crippen molar-refractivity contribution < 1.29 is 0 Å². The molecule has 0 aliphatic carbocycles. The normalized spacial score (nSPS) is 10.0. The van der Waals surface area contributed by atoms with Crippen LogP contribution in [0.15, 0.2) is 6.58 Å². The number of hydrogen-bond acceptors (Lipinski definition) is 1. The first kappa shape index (κ1) is 9.56. The van der Waals surface area contributed by atoms with Crippen LogP contribution in [0.3, 0.4) is 0 Å². The zero-order valence-electron chi connectivity index (χ0n) is 6.99. The van der Waals surface area contributed by atoms with E-state index in [1.807, 2.05) is 13.8 Å². The molecule has 1 heterocycles. The Labute approximate surface area is 82.0 Å². The van der Waals surface area contributed by atoms with E-state index in [0.717, 1.165) is 16.8 Å². The number of rotatable bonds is 1. The van der Waals surface area contributed by atoms with Crippen LogP contribution in [0.25, 0.3) is 6.08 Å². The average Bonchev–Trinajstić information content (AvgIpc) is 2.01. The van der Waals surface area contributed by atoms with E-state index < -0.39 is 0 Å². The molecule has 3 heteroatoms. The van der Waals surface area contributed by atoms with Crippen LogP contribution >= 0.6 is 23.2 Å². The third-order valence-electron chi connectivity index (χ3n) is 1.73. The maximum Gasteiger partial charge on any atom is 0.133 e. The molecule has 0 aliphatic heterocycles. The summed E-state index contributed by atoms with van der Waals surface area (Å²) in [6.07, 6.45) is 1.69. The molecule has 0 radical (unpaired) electrons. The largest absolute Gasteiger partial charge is 0.240 e. The van der Waals surface area contributed by atoms with Crippen molar-refractivity contribution in [3.8, 4) is 0 Å². The van der Waals surface area contributed by atoms with Gasteiger partial charge in [-0.25, -0.2) is 4.98 Å². The van der Waals surface area contributed by atoms with Crippen LogP contribution in [0.4, 0.5) is 0 Å². The second-order valence-electron chi connectivity index (χ2n) is 2.54. The molecular formula is C9H9Cl2N. The molecule has 0 spiro atoms. The predicted molar refractivity (Wildman–Crippen MR) is 53.8 cm³/mol. The molecule has 64 valence electrons. The fourth-order valence-electron chi connectivity index (χ4n) is 0.980. The number of aromatic nitrogens is 1. The van der Waals surface area contributed by atoms with Crippen molar-refractivity contribution in [2.45, 2.75) is 13.8 Å². The fourth-order valence-corrected chi connectivity index (χ4v) is 1.55. The van der Waals surface area contributed by atoms with Crippen molar-refractivity contribution in [1.29, 1.82) is 0 Å². The van der Waals surface area contributed by atoms with E-state index in [0.29, 0.717) is 10.2 Å². The Bertz CT molecular complexity index is 332. The Hall–Kier alpha value is -0.530. The van der Waals surface area contributed by atoms with Crippen LogP contribution in [-0.4, -0.2) is 4.98 Å². The first-order chi connectivity index (χ1) is 5.57. The monoisotopic (exact) mass is 201 g/mol. The molecular weight excluding hydrogens is 193 g/mol. The SMILES string of the molecule is C=Cc1c(C)nc(Cl)c(C)c1Cl. The molecule has 0 aromatic carbocycles. The summed E-state index contributed by atoms with van der Waals surface area (Å²) < 4.78 is 0. The van der Waals surface area contributed by atoms with Gasteiger partial charge in [-0.15, -0.1) is 0 Å². The second kappa shape index (κ2) is 3.46. The van der Waals surface area contributed by atoms with Gasteiger partial charge in [0.15, 0.2) is 0 Å². The van der Waals surface area contributed by atoms with E-state index in [9.17, 15) is 0 Å². The lowest BCUT2D eigenvalue weighted by atomic mass is 10.1. The smallest absolute Gasteiger partial charge is 0.133 e. The van der Waals surface area contributed by atoms with Crippen LogP contribution in [-0.2, 0) is 0 Å². The highest BCUT2D eigenvalue weighted by Gasteiger charge is 2.08. The highest BCUT2D eigenvalue weighted by Crippen LogP contribution is 2.28. The number of nitrogens with zero attached hydrogens (tertiary/aromatic N) is 1. The fraction of sp³-hybridized carbons (Fsp3) is 0.222. The Balaban J connectivity index is 3.51. The van der Waals surface area contributed by atoms with Crippen molar-refractivity contribution in [1.82, 2.24) is 4.98 Å². The van der Waals surface area contributed by atoms with Gasteiger partial charge in [-0.05, 0) is 13.8 Å². The van der Waals surface area contributed by atoms with Crippen LogP contribution in [0.2, 0.25) is 10.2 Å². The number of hydrogen-bond donors (Lipinski definition) is 0. The zero-order chi connectivity index (χ0) is 9.30. The van der Waals surface area contributed by atoms with Crippen molar-refractivity contribution in [3.05, 3.63) is 33.6 Å². The van der Waals surface area contributed by atoms with Gasteiger partial charge in [0, 0.05) is 16.8 Å². The molecule has 0 atom stereocenters. The zero-order valence-corrected chi connectivity index (χ0v) is 8.50. The van der Waals surface area contributed by atoms with Gasteiger partial charge >= 0.3 is 0 Å². The molecule has 1 nitrogen and oxygen atoms in total. The lowest BCUT2D eigenvalue weighted by molar-refractivity contribution is 1.16. The molecule has 0 saturated carbocycles. The van der Waals surface area contributed by atoms with Crippen molar-refractivity contribution >= 4 is 29.3 Å². The molecule has 1 rings (SSSR count). The van der Waals surface area contributed by atoms with Crippen LogP contribution in [0.5, 0.6) is 0 Å². The molecule has 0 N–H and O–H groups in total. The maximum atomic E-state index is 6.01. The molecule has 1 aromatic heterocycles. The first-order valence-corrected chi connectivity index (χ1v) is 4.28. The summed E-state index contributed by atoms with van der Waals surface area (Å²) in [6, 6.07) is 0. The number of halogens is 2. The molecule has 0 bridgehead atoms. The summed E-state index contributed by atoms with van der Waals surface area (Å²) >= 11 is 11.8. The minimum Gasteiger partial charge on any atom is -0.240 e. The summed E-state index contributed by atoms with van der Waals surface area (Å²) in [6.45, 7) is 7.35. The minimum atomic E-state index is 0.461. The van der Waals surface area contributed by atoms with Crippen LogP contribution < -0.4 is 0 Å². The Morgan fingerprint density at radius 1 is 1.33 bits per heavy atom. The summed E-state index contributed by atoms with van der Waals surface area (Å²) in [7, 11) is 0. The van der Waals surface area contributed by atoms with Gasteiger partial charge in [-0.2, -0.15) is 0 Å². The van der Waals surface area contributed by atoms with Gasteiger partial charge in [0.1, 0.15) is 5.15 Å². The molecule has 0 aliphatic rings. The third kappa shape index (κ3) is 1.47. The van der Waals surface area contributed by atoms with Gasteiger partial charge < -0.3 is 0 Å². The van der Waals surface area contributed by atoms with E-state index in [1.54, 1.807) is 6.08 Å². The van der Waals surface area contributed by atoms with E-state index in [1.165, 1.54) is 0 Å². The predicted octanol–water partition coefficient (Wildman–Crippen LogP) is 3.65. The van der Waals surface area contributed by atoms with Gasteiger partial charge in [0.2, 0.25) is 0 Å². The topological polar surface area (TPSA) is 12.9 Å². The highest BCUT2D eigenvalue weighted by atomic mass is 35.5. The third-order valence-corrected chi connectivity index (χ3v) is 2.59. The Kier molecular flexibility index (Phi) is 2.76. The van der Waals surface area contributed by atoms with Crippen molar-refractivity contribution in [2.24, 2.45) is 0 Å². The summed E-state index contributed by atoms with van der Waals surface area (Å²) in [5.41, 5.74) is 2.48. The Morgan fingerprint density at radius 3 is 2.42 bits per heavy atom. The first-order valence-electron chi connectivity index (χ1n) is 3.52. The standard InChI is InChI=1S/C9H9Cl2N/c1-4-7-6(3)12-9(11)5(2)8(7)10/h4H,1H2,2-3H3. The summed E-state index contributed by atoms with van der Waals surface area (Å²) in [5.74, 6) is 0. The van der Waals surface area contributed by atoms with Crippen molar-refractivity contribution in [3.63, 3.8) is 0 Å². The highest BCUT2D eigenvalue weighted by molar-refractivity contribution is 6.36. The lowest BCUT2D eigenvalue weighted by Gasteiger charge is -2.06. The van der Waals surface area contributed by atoms with Gasteiger partial charge in [-0.3, -0.25) is 0 Å². The van der Waals surface area contributed by atoms with Gasteiger partial charge in [0.25, 0.3) is 0 Å². The molecule has 0 fully saturated rings. The minimum absolute atomic E-state index is 0.461. The summed E-state index contributed by atoms with van der Waals surface area (Å²) in [5, 5.41) is 1.10. The Morgan fingerprint density at radius 2 is 1.92 bits per heavy atom. The lowest BCUT2D eigenvalue weighted by Crippen LogP contribution is -1.92.